The fourth-order valence-electron chi connectivity index (χ4n) is 5.15. The molecule has 5 rings (SSSR count). The first kappa shape index (κ1) is 18.0. The summed E-state index contributed by atoms with van der Waals surface area (Å²) in [7, 11) is 0. The number of H-pyrrole nitrogens is 1. The lowest BCUT2D eigenvalue weighted by atomic mass is 9.82. The van der Waals surface area contributed by atoms with Gasteiger partial charge in [0, 0.05) is 30.2 Å². The molecule has 3 atom stereocenters. The average Bonchev–Trinajstić information content (AvgIpc) is 3.02. The van der Waals surface area contributed by atoms with Gasteiger partial charge in [0.2, 0.25) is 0 Å². The van der Waals surface area contributed by atoms with Crippen molar-refractivity contribution in [3.8, 4) is 0 Å². The van der Waals surface area contributed by atoms with Crippen LogP contribution in [-0.4, -0.2) is 33.6 Å². The summed E-state index contributed by atoms with van der Waals surface area (Å²) in [5.41, 5.74) is 2.50. The highest BCUT2D eigenvalue weighted by atomic mass is 35.5. The topological polar surface area (TPSA) is 41.0 Å². The third-order valence-corrected chi connectivity index (χ3v) is 6.74. The van der Waals surface area contributed by atoms with Gasteiger partial charge in [-0.1, -0.05) is 29.8 Å². The third kappa shape index (κ3) is 3.07. The van der Waals surface area contributed by atoms with Crippen LogP contribution in [0.2, 0.25) is 5.02 Å². The third-order valence-electron chi connectivity index (χ3n) is 6.50. The molecule has 0 bridgehead atoms. The van der Waals surface area contributed by atoms with Gasteiger partial charge in [-0.25, -0.2) is 9.18 Å². The molecule has 1 N–H and O–H groups in total. The van der Waals surface area contributed by atoms with Crippen LogP contribution < -0.4 is 5.69 Å². The van der Waals surface area contributed by atoms with E-state index >= 15 is 0 Å². The van der Waals surface area contributed by atoms with E-state index in [9.17, 15) is 9.18 Å². The standard InChI is InChI=1S/C22H23ClFN3O/c23-15-6-8-21-20(11-15)25-22(28)27(21)17-9-10-26-13-14(5-7-16(26)12-17)18-3-1-2-4-19(18)24/h1-4,6,8,11,14,16-17H,5,7,9-10,12-13H2,(H,25,28)/t14-,16+,17+/m1/s1. The number of hydrogen-bond donors (Lipinski definition) is 1. The van der Waals surface area contributed by atoms with Gasteiger partial charge in [0.1, 0.15) is 5.82 Å². The summed E-state index contributed by atoms with van der Waals surface area (Å²) in [6.45, 7) is 1.84. The van der Waals surface area contributed by atoms with Crippen LogP contribution in [0.5, 0.6) is 0 Å². The largest absolute Gasteiger partial charge is 0.326 e. The van der Waals surface area contributed by atoms with Gasteiger partial charge >= 0.3 is 5.69 Å². The molecular formula is C22H23ClFN3O. The van der Waals surface area contributed by atoms with Crippen molar-refractivity contribution in [1.82, 2.24) is 14.5 Å². The molecule has 0 spiro atoms. The smallest absolute Gasteiger partial charge is 0.305 e. The van der Waals surface area contributed by atoms with E-state index in [4.69, 9.17) is 11.6 Å². The van der Waals surface area contributed by atoms with E-state index in [0.29, 0.717) is 11.1 Å². The molecule has 1 aromatic heterocycles. The van der Waals surface area contributed by atoms with E-state index in [1.807, 2.05) is 34.9 Å². The number of piperidine rings is 2. The monoisotopic (exact) mass is 399 g/mol. The van der Waals surface area contributed by atoms with Crippen LogP contribution in [0.15, 0.2) is 47.3 Å². The van der Waals surface area contributed by atoms with Crippen LogP contribution in [0.4, 0.5) is 4.39 Å². The molecule has 0 radical (unpaired) electrons. The quantitative estimate of drug-likeness (QED) is 0.678. The first-order chi connectivity index (χ1) is 13.6. The number of nitrogens with zero attached hydrogens (tertiary/aromatic N) is 2. The zero-order chi connectivity index (χ0) is 19.3. The molecule has 3 aromatic rings. The Labute approximate surface area is 167 Å². The summed E-state index contributed by atoms with van der Waals surface area (Å²) in [5.74, 6) is 0.164. The molecule has 2 fully saturated rings. The highest BCUT2D eigenvalue weighted by molar-refractivity contribution is 6.31. The molecule has 2 saturated heterocycles. The number of aromatic nitrogens is 2. The zero-order valence-corrected chi connectivity index (χ0v) is 16.3. The molecular weight excluding hydrogens is 377 g/mol. The summed E-state index contributed by atoms with van der Waals surface area (Å²) < 4.78 is 16.1. The van der Waals surface area contributed by atoms with Gasteiger partial charge in [-0.2, -0.15) is 0 Å². The molecule has 2 aliphatic rings. The zero-order valence-electron chi connectivity index (χ0n) is 15.6. The Morgan fingerprint density at radius 3 is 2.79 bits per heavy atom. The van der Waals surface area contributed by atoms with E-state index < -0.39 is 0 Å². The van der Waals surface area contributed by atoms with Crippen molar-refractivity contribution in [1.29, 1.82) is 0 Å². The molecule has 3 heterocycles. The summed E-state index contributed by atoms with van der Waals surface area (Å²) in [6.07, 6.45) is 3.92. The first-order valence-corrected chi connectivity index (χ1v) is 10.4. The molecule has 2 aromatic carbocycles. The number of aromatic amines is 1. The highest BCUT2D eigenvalue weighted by Crippen LogP contribution is 2.38. The van der Waals surface area contributed by atoms with Gasteiger partial charge in [-0.3, -0.25) is 9.47 Å². The molecule has 28 heavy (non-hydrogen) atoms. The number of nitrogens with one attached hydrogen (secondary N) is 1. The summed E-state index contributed by atoms with van der Waals surface area (Å²) >= 11 is 6.07. The van der Waals surface area contributed by atoms with Crippen LogP contribution in [0, 0.1) is 5.82 Å². The molecule has 146 valence electrons. The fourth-order valence-corrected chi connectivity index (χ4v) is 5.32. The van der Waals surface area contributed by atoms with Crippen molar-refractivity contribution in [2.45, 2.75) is 43.7 Å². The minimum absolute atomic E-state index is 0.0595. The number of halogens is 2. The van der Waals surface area contributed by atoms with E-state index in [2.05, 4.69) is 9.88 Å². The van der Waals surface area contributed by atoms with Crippen molar-refractivity contribution < 1.29 is 4.39 Å². The van der Waals surface area contributed by atoms with E-state index in [0.717, 1.165) is 55.4 Å². The number of hydrogen-bond acceptors (Lipinski definition) is 2. The SMILES string of the molecule is O=c1[nH]c2cc(Cl)ccc2n1[C@H]1CCN2C[C@H](c3ccccc3F)CC[C@H]2C1. The molecule has 2 aliphatic heterocycles. The molecule has 0 unspecified atom stereocenters. The van der Waals surface area contributed by atoms with Crippen molar-refractivity contribution >= 4 is 22.6 Å². The first-order valence-electron chi connectivity index (χ1n) is 9.98. The van der Waals surface area contributed by atoms with Crippen LogP contribution >= 0.6 is 11.6 Å². The predicted octanol–water partition coefficient (Wildman–Crippen LogP) is 4.71. The Balaban J connectivity index is 1.36. The van der Waals surface area contributed by atoms with Gasteiger partial charge in [-0.15, -0.1) is 0 Å². The van der Waals surface area contributed by atoms with Gasteiger partial charge in [-0.05, 0) is 61.4 Å². The number of fused-ring (bicyclic) bond motifs is 2. The maximum absolute atomic E-state index is 14.2. The van der Waals surface area contributed by atoms with Crippen LogP contribution in [0.25, 0.3) is 11.0 Å². The summed E-state index contributed by atoms with van der Waals surface area (Å²) in [5, 5.41) is 0.627. The molecule has 0 saturated carbocycles. The van der Waals surface area contributed by atoms with Gasteiger partial charge in [0.05, 0.1) is 11.0 Å². The van der Waals surface area contributed by atoms with E-state index in [1.54, 1.807) is 12.1 Å². The average molecular weight is 400 g/mol. The van der Waals surface area contributed by atoms with Gasteiger partial charge in [0.15, 0.2) is 0 Å². The van der Waals surface area contributed by atoms with Crippen LogP contribution in [0.3, 0.4) is 0 Å². The second-order valence-corrected chi connectivity index (χ2v) is 8.52. The Hall–Kier alpha value is -2.11. The Morgan fingerprint density at radius 1 is 1.07 bits per heavy atom. The maximum atomic E-state index is 14.2. The Bertz CT molecular complexity index is 1080. The van der Waals surface area contributed by atoms with Crippen molar-refractivity contribution in [2.75, 3.05) is 13.1 Å². The Morgan fingerprint density at radius 2 is 1.93 bits per heavy atom. The van der Waals surface area contributed by atoms with Crippen LogP contribution in [-0.2, 0) is 0 Å². The lowest BCUT2D eigenvalue weighted by molar-refractivity contribution is 0.0707. The van der Waals surface area contributed by atoms with Crippen molar-refractivity contribution in [2.24, 2.45) is 0 Å². The van der Waals surface area contributed by atoms with E-state index in [-0.39, 0.29) is 23.5 Å². The minimum Gasteiger partial charge on any atom is -0.305 e. The minimum atomic E-state index is -0.0927. The fraction of sp³-hybridized carbons (Fsp3) is 0.409. The molecule has 0 amide bonds. The molecule has 4 nitrogen and oxygen atoms in total. The predicted molar refractivity (Wildman–Crippen MR) is 110 cm³/mol. The normalized spacial score (nSPS) is 25.7. The summed E-state index contributed by atoms with van der Waals surface area (Å²) in [4.78, 5) is 18.0. The molecule has 0 aliphatic carbocycles. The van der Waals surface area contributed by atoms with Gasteiger partial charge < -0.3 is 4.98 Å². The second-order valence-electron chi connectivity index (χ2n) is 8.08. The van der Waals surface area contributed by atoms with Crippen molar-refractivity contribution in [3.63, 3.8) is 0 Å². The maximum Gasteiger partial charge on any atom is 0.326 e. The van der Waals surface area contributed by atoms with Gasteiger partial charge in [0.25, 0.3) is 0 Å². The Kier molecular flexibility index (Phi) is 4.52. The highest BCUT2D eigenvalue weighted by Gasteiger charge is 2.36. The number of imidazole rings is 1. The summed E-state index contributed by atoms with van der Waals surface area (Å²) in [6, 6.07) is 13.4. The number of benzene rings is 2. The lowest BCUT2D eigenvalue weighted by Crippen LogP contribution is -2.48. The number of rotatable bonds is 2. The second kappa shape index (κ2) is 7.05. The van der Waals surface area contributed by atoms with Crippen molar-refractivity contribution in [3.05, 3.63) is 69.4 Å². The lowest BCUT2D eigenvalue weighted by Gasteiger charge is -2.45. The molecule has 6 heteroatoms. The van der Waals surface area contributed by atoms with Crippen LogP contribution in [0.1, 0.15) is 43.2 Å². The van der Waals surface area contributed by atoms with E-state index in [1.165, 1.54) is 0 Å².